The number of rotatable bonds is 3. The van der Waals surface area contributed by atoms with E-state index < -0.39 is 0 Å². The summed E-state index contributed by atoms with van der Waals surface area (Å²) < 4.78 is 3.98. The van der Waals surface area contributed by atoms with Crippen LogP contribution in [0.1, 0.15) is 5.56 Å². The molecule has 4 nitrogen and oxygen atoms in total. The van der Waals surface area contributed by atoms with Gasteiger partial charge in [-0.2, -0.15) is 14.4 Å². The van der Waals surface area contributed by atoms with Crippen molar-refractivity contribution in [2.45, 2.75) is 0 Å². The molecule has 4 heteroatoms. The molecule has 4 aromatic rings. The number of aromatic nitrogens is 2. The minimum Gasteiger partial charge on any atom is -0.238 e. The van der Waals surface area contributed by atoms with Crippen LogP contribution in [0.25, 0.3) is 27.3 Å². The first-order valence-electron chi connectivity index (χ1n) is 8.78. The van der Waals surface area contributed by atoms with Crippen molar-refractivity contribution in [3.05, 3.63) is 115 Å². The summed E-state index contributed by atoms with van der Waals surface area (Å²) in [6.45, 7) is 7.15. The molecule has 0 saturated heterocycles. The molecule has 0 unspecified atom stereocenters. The lowest BCUT2D eigenvalue weighted by Crippen LogP contribution is -2.29. The van der Waals surface area contributed by atoms with E-state index in [9.17, 15) is 0 Å². The lowest BCUT2D eigenvalue weighted by atomic mass is 10.1. The van der Waals surface area contributed by atoms with E-state index in [1.54, 1.807) is 12.1 Å². The molecule has 2 aromatic heterocycles. The van der Waals surface area contributed by atoms with Crippen LogP contribution in [0, 0.1) is 17.9 Å². The molecule has 0 atom stereocenters. The van der Waals surface area contributed by atoms with Crippen molar-refractivity contribution in [2.75, 3.05) is 0 Å². The summed E-state index contributed by atoms with van der Waals surface area (Å²) in [5.74, 6) is 0. The number of nitriles is 1. The lowest BCUT2D eigenvalue weighted by Gasteiger charge is -2.02. The highest BCUT2D eigenvalue weighted by Gasteiger charge is 2.10. The Labute approximate surface area is 163 Å². The molecule has 2 heterocycles. The molecule has 0 saturated carbocycles. The zero-order valence-corrected chi connectivity index (χ0v) is 15.0. The zero-order chi connectivity index (χ0) is 19.3. The highest BCUT2D eigenvalue weighted by molar-refractivity contribution is 5.61. The average molecular weight is 360 g/mol. The van der Waals surface area contributed by atoms with Crippen molar-refractivity contribution in [3.8, 4) is 28.6 Å². The van der Waals surface area contributed by atoms with E-state index in [1.807, 2.05) is 70.3 Å². The maximum atomic E-state index is 9.06. The van der Waals surface area contributed by atoms with Crippen LogP contribution in [0.4, 0.5) is 5.69 Å². The van der Waals surface area contributed by atoms with E-state index >= 15 is 0 Å². The van der Waals surface area contributed by atoms with Crippen molar-refractivity contribution in [2.24, 2.45) is 0 Å². The monoisotopic (exact) mass is 360 g/mol. The number of hydrogen-bond acceptors (Lipinski definition) is 1. The van der Waals surface area contributed by atoms with E-state index in [-0.39, 0.29) is 0 Å². The number of pyridine rings is 2. The van der Waals surface area contributed by atoms with E-state index in [2.05, 4.69) is 35.2 Å². The summed E-state index contributed by atoms with van der Waals surface area (Å²) in [7, 11) is 0. The first kappa shape index (κ1) is 17.1. The van der Waals surface area contributed by atoms with Gasteiger partial charge in [0.25, 0.3) is 0 Å². The van der Waals surface area contributed by atoms with Gasteiger partial charge in [-0.25, -0.2) is 4.85 Å². The number of benzene rings is 2. The molecule has 0 aliphatic rings. The van der Waals surface area contributed by atoms with Gasteiger partial charge in [-0.1, -0.05) is 18.2 Å². The van der Waals surface area contributed by atoms with Gasteiger partial charge in [-0.15, -0.1) is 0 Å². The SMILES string of the molecule is [C-]#[N+]c1cccc(-[n+]2ccc(-c3cc[n+](-c4cccc(C#N)c4)cc3)cc2)c1. The van der Waals surface area contributed by atoms with Crippen LogP contribution < -0.4 is 9.13 Å². The van der Waals surface area contributed by atoms with Crippen molar-refractivity contribution < 1.29 is 9.13 Å². The maximum absolute atomic E-state index is 9.06. The summed E-state index contributed by atoms with van der Waals surface area (Å²) in [6.07, 6.45) is 7.98. The first-order chi connectivity index (χ1) is 13.8. The normalized spacial score (nSPS) is 10.1. The van der Waals surface area contributed by atoms with Gasteiger partial charge in [0.15, 0.2) is 36.2 Å². The first-order valence-corrected chi connectivity index (χ1v) is 8.78. The van der Waals surface area contributed by atoms with Gasteiger partial charge in [0.2, 0.25) is 5.69 Å². The van der Waals surface area contributed by atoms with Gasteiger partial charge in [0, 0.05) is 48.5 Å². The second kappa shape index (κ2) is 7.53. The fraction of sp³-hybridized carbons (Fsp3) is 0. The summed E-state index contributed by atoms with van der Waals surface area (Å²) in [6, 6.07) is 25.4. The molecule has 0 amide bonds. The second-order valence-corrected chi connectivity index (χ2v) is 6.28. The van der Waals surface area contributed by atoms with Crippen LogP contribution in [0.5, 0.6) is 0 Å². The Bertz CT molecular complexity index is 1110. The highest BCUT2D eigenvalue weighted by Crippen LogP contribution is 2.18. The van der Waals surface area contributed by atoms with Crippen LogP contribution in [0.15, 0.2) is 97.6 Å². The molecular weight excluding hydrogens is 344 g/mol. The predicted molar refractivity (Wildman–Crippen MR) is 106 cm³/mol. The molecule has 0 aliphatic heterocycles. The Balaban J connectivity index is 1.59. The van der Waals surface area contributed by atoms with Gasteiger partial charge in [0.1, 0.15) is 0 Å². The molecule has 0 spiro atoms. The predicted octanol–water partition coefficient (Wildman–Crippen LogP) is 4.33. The van der Waals surface area contributed by atoms with Crippen molar-refractivity contribution in [1.82, 2.24) is 0 Å². The van der Waals surface area contributed by atoms with E-state index in [1.165, 1.54) is 0 Å². The third-order valence-corrected chi connectivity index (χ3v) is 4.52. The van der Waals surface area contributed by atoms with E-state index in [0.717, 1.165) is 22.5 Å². The lowest BCUT2D eigenvalue weighted by molar-refractivity contribution is -0.596. The summed E-state index contributed by atoms with van der Waals surface area (Å²) in [5, 5.41) is 9.06. The van der Waals surface area contributed by atoms with Crippen molar-refractivity contribution >= 4 is 5.69 Å². The van der Waals surface area contributed by atoms with Crippen LogP contribution >= 0.6 is 0 Å². The third-order valence-electron chi connectivity index (χ3n) is 4.52. The number of hydrogen-bond donors (Lipinski definition) is 0. The molecule has 28 heavy (non-hydrogen) atoms. The van der Waals surface area contributed by atoms with Gasteiger partial charge in [-0.3, -0.25) is 0 Å². The minimum absolute atomic E-state index is 0.627. The second-order valence-electron chi connectivity index (χ2n) is 6.28. The van der Waals surface area contributed by atoms with Gasteiger partial charge in [-0.05, 0) is 17.2 Å². The van der Waals surface area contributed by atoms with Crippen LogP contribution in [0.2, 0.25) is 0 Å². The summed E-state index contributed by atoms with van der Waals surface area (Å²) in [4.78, 5) is 3.48. The van der Waals surface area contributed by atoms with Crippen LogP contribution in [-0.2, 0) is 0 Å². The van der Waals surface area contributed by atoms with Gasteiger partial charge < -0.3 is 0 Å². The Morgan fingerprint density at radius 1 is 0.714 bits per heavy atom. The van der Waals surface area contributed by atoms with Crippen LogP contribution in [-0.4, -0.2) is 0 Å². The molecule has 0 bridgehead atoms. The molecule has 0 aliphatic carbocycles. The molecular formula is C24H16N4+2. The molecule has 130 valence electrons. The quantitative estimate of drug-likeness (QED) is 0.396. The molecule has 2 aromatic carbocycles. The fourth-order valence-electron chi connectivity index (χ4n) is 3.04. The average Bonchev–Trinajstić information content (AvgIpc) is 2.79. The molecule has 0 radical (unpaired) electrons. The molecule has 0 N–H and O–H groups in total. The van der Waals surface area contributed by atoms with Crippen molar-refractivity contribution in [3.63, 3.8) is 0 Å². The fourth-order valence-corrected chi connectivity index (χ4v) is 3.04. The van der Waals surface area contributed by atoms with Crippen molar-refractivity contribution in [1.29, 1.82) is 5.26 Å². The Hall–Kier alpha value is -4.28. The standard InChI is InChI=1S/C24H16N4/c1-26-22-5-3-7-24(17-22)28-14-10-21(11-15-28)20-8-12-27(13-9-20)23-6-2-4-19(16-23)18-25/h2-17H/q+2. The summed E-state index contributed by atoms with van der Waals surface area (Å²) >= 11 is 0. The zero-order valence-electron chi connectivity index (χ0n) is 15.0. The van der Waals surface area contributed by atoms with E-state index in [4.69, 9.17) is 11.8 Å². The highest BCUT2D eigenvalue weighted by atomic mass is 14.9. The van der Waals surface area contributed by atoms with E-state index in [0.29, 0.717) is 11.3 Å². The minimum atomic E-state index is 0.627. The molecule has 4 rings (SSSR count). The molecule has 0 fully saturated rings. The largest absolute Gasteiger partial charge is 0.238 e. The number of nitrogens with zero attached hydrogens (tertiary/aromatic N) is 4. The topological polar surface area (TPSA) is 35.9 Å². The van der Waals surface area contributed by atoms with Gasteiger partial charge in [0.05, 0.1) is 18.2 Å². The van der Waals surface area contributed by atoms with Gasteiger partial charge >= 0.3 is 0 Å². The Morgan fingerprint density at radius 2 is 1.25 bits per heavy atom. The maximum Gasteiger partial charge on any atom is 0.211 e. The summed E-state index contributed by atoms with van der Waals surface area (Å²) in [5.41, 5.74) is 5.40. The smallest absolute Gasteiger partial charge is 0.211 e. The van der Waals surface area contributed by atoms with Crippen LogP contribution in [0.3, 0.4) is 0 Å². The Morgan fingerprint density at radius 3 is 1.79 bits per heavy atom. The Kier molecular flexibility index (Phi) is 4.61. The third kappa shape index (κ3) is 3.49.